The zero-order valence-corrected chi connectivity index (χ0v) is 19.3. The van der Waals surface area contributed by atoms with Gasteiger partial charge in [-0.3, -0.25) is 0 Å². The summed E-state index contributed by atoms with van der Waals surface area (Å²) in [7, 11) is 2.18. The summed E-state index contributed by atoms with van der Waals surface area (Å²) in [6.45, 7) is 0. The van der Waals surface area contributed by atoms with Crippen LogP contribution in [0.3, 0.4) is 0 Å². The third-order valence-electron chi connectivity index (χ3n) is 7.10. The van der Waals surface area contributed by atoms with E-state index in [1.54, 1.807) is 0 Å². The number of aryl methyl sites for hydroxylation is 1. The molecule has 7 rings (SSSR count). The van der Waals surface area contributed by atoms with Crippen molar-refractivity contribution >= 4 is 65.3 Å². The second-order valence-electron chi connectivity index (χ2n) is 9.05. The third-order valence-corrected chi connectivity index (χ3v) is 8.25. The van der Waals surface area contributed by atoms with Gasteiger partial charge in [-0.15, -0.1) is 11.3 Å². The van der Waals surface area contributed by atoms with Gasteiger partial charge in [0.05, 0.1) is 0 Å². The van der Waals surface area contributed by atoms with Crippen molar-refractivity contribution in [1.29, 1.82) is 0 Å². The Morgan fingerprint density at radius 1 is 0.758 bits per heavy atom. The van der Waals surface area contributed by atoms with Gasteiger partial charge < -0.3 is 4.57 Å². The largest absolute Gasteiger partial charge is 0.344 e. The van der Waals surface area contributed by atoms with Gasteiger partial charge in [0.2, 0.25) is 0 Å². The van der Waals surface area contributed by atoms with Crippen LogP contribution < -0.4 is 0 Å². The molecule has 1 atom stereocenters. The van der Waals surface area contributed by atoms with Gasteiger partial charge in [-0.05, 0) is 59.0 Å². The van der Waals surface area contributed by atoms with Crippen LogP contribution in [-0.4, -0.2) is 4.57 Å². The SMILES string of the molecule is Cn1c2c(c3c4ccccc4ccc31)C=CC(Cc1ccc3sc4ccccc4c3c1)C=C2. The van der Waals surface area contributed by atoms with Crippen LogP contribution in [0.25, 0.3) is 54.0 Å². The molecule has 1 unspecified atom stereocenters. The van der Waals surface area contributed by atoms with Gasteiger partial charge in [-0.1, -0.05) is 72.8 Å². The summed E-state index contributed by atoms with van der Waals surface area (Å²) in [5, 5.41) is 6.75. The topological polar surface area (TPSA) is 4.93 Å². The molecule has 1 aliphatic carbocycles. The average Bonchev–Trinajstić information content (AvgIpc) is 3.26. The fourth-order valence-electron chi connectivity index (χ4n) is 5.44. The summed E-state index contributed by atoms with van der Waals surface area (Å²) in [5.74, 6) is 0.379. The van der Waals surface area contributed by atoms with E-state index in [4.69, 9.17) is 0 Å². The van der Waals surface area contributed by atoms with Crippen LogP contribution in [0, 0.1) is 5.92 Å². The minimum Gasteiger partial charge on any atom is -0.344 e. The second-order valence-corrected chi connectivity index (χ2v) is 10.1. The number of allylic oxidation sites excluding steroid dienone is 2. The summed E-state index contributed by atoms with van der Waals surface area (Å²) in [6.07, 6.45) is 10.5. The van der Waals surface area contributed by atoms with Crippen LogP contribution >= 0.6 is 11.3 Å². The van der Waals surface area contributed by atoms with Crippen molar-refractivity contribution in [2.45, 2.75) is 6.42 Å². The van der Waals surface area contributed by atoms with Gasteiger partial charge in [-0.2, -0.15) is 0 Å². The molecule has 1 nitrogen and oxygen atoms in total. The predicted octanol–water partition coefficient (Wildman–Crippen LogP) is 8.60. The quantitative estimate of drug-likeness (QED) is 0.253. The van der Waals surface area contributed by atoms with Crippen LogP contribution in [0.1, 0.15) is 16.8 Å². The number of hydrogen-bond donors (Lipinski definition) is 0. The van der Waals surface area contributed by atoms with Crippen molar-refractivity contribution in [3.63, 3.8) is 0 Å². The van der Waals surface area contributed by atoms with Crippen LogP contribution in [0.2, 0.25) is 0 Å². The first-order chi connectivity index (χ1) is 16.3. The molecular weight excluding hydrogens is 418 g/mol. The Hall–Kier alpha value is -3.62. The monoisotopic (exact) mass is 441 g/mol. The predicted molar refractivity (Wildman–Crippen MR) is 145 cm³/mol. The smallest absolute Gasteiger partial charge is 0.0495 e. The van der Waals surface area contributed by atoms with Gasteiger partial charge in [0.25, 0.3) is 0 Å². The molecule has 0 N–H and O–H groups in total. The molecule has 4 aromatic carbocycles. The standard InChI is InChI=1S/C31H23NS/c1-32-27-15-11-20(10-14-25(27)31-23-7-3-2-6-22(23)13-16-28(31)32)18-21-12-17-30-26(19-21)24-8-4-5-9-29(24)33-30/h2-17,19-20H,18H2,1H3. The molecule has 33 heavy (non-hydrogen) atoms. The minimum atomic E-state index is 0.379. The Kier molecular flexibility index (Phi) is 4.12. The van der Waals surface area contributed by atoms with Crippen LogP contribution in [0.15, 0.2) is 91.0 Å². The maximum Gasteiger partial charge on any atom is 0.0495 e. The lowest BCUT2D eigenvalue weighted by Crippen LogP contribution is -1.97. The first-order valence-electron chi connectivity index (χ1n) is 11.5. The number of aromatic nitrogens is 1. The molecule has 0 spiro atoms. The highest BCUT2D eigenvalue weighted by molar-refractivity contribution is 7.25. The van der Waals surface area contributed by atoms with E-state index < -0.39 is 0 Å². The van der Waals surface area contributed by atoms with E-state index in [2.05, 4.69) is 115 Å². The zero-order chi connectivity index (χ0) is 21.9. The Labute approximate surface area is 196 Å². The van der Waals surface area contributed by atoms with Gasteiger partial charge in [0.15, 0.2) is 0 Å². The van der Waals surface area contributed by atoms with Crippen molar-refractivity contribution in [2.24, 2.45) is 13.0 Å². The van der Waals surface area contributed by atoms with E-state index in [9.17, 15) is 0 Å². The summed E-state index contributed by atoms with van der Waals surface area (Å²) < 4.78 is 5.08. The fourth-order valence-corrected chi connectivity index (χ4v) is 6.52. The molecule has 2 heterocycles. The van der Waals surface area contributed by atoms with E-state index in [1.165, 1.54) is 58.7 Å². The molecule has 0 bridgehead atoms. The Balaban J connectivity index is 1.29. The molecule has 2 heteroatoms. The van der Waals surface area contributed by atoms with Crippen molar-refractivity contribution in [3.05, 3.63) is 108 Å². The van der Waals surface area contributed by atoms with E-state index in [0.717, 1.165) is 6.42 Å². The number of benzene rings is 4. The average molecular weight is 442 g/mol. The number of nitrogens with zero attached hydrogens (tertiary/aromatic N) is 1. The summed E-state index contributed by atoms with van der Waals surface area (Å²) in [5.41, 5.74) is 5.31. The number of fused-ring (bicyclic) bond motifs is 8. The highest BCUT2D eigenvalue weighted by atomic mass is 32.1. The highest BCUT2D eigenvalue weighted by Gasteiger charge is 2.17. The maximum absolute atomic E-state index is 2.40. The summed E-state index contributed by atoms with van der Waals surface area (Å²) >= 11 is 1.89. The van der Waals surface area contributed by atoms with Gasteiger partial charge in [0.1, 0.15) is 0 Å². The molecule has 6 aromatic rings. The second kappa shape index (κ2) is 7.19. The third kappa shape index (κ3) is 2.91. The maximum atomic E-state index is 2.40. The van der Waals surface area contributed by atoms with E-state index >= 15 is 0 Å². The van der Waals surface area contributed by atoms with Crippen molar-refractivity contribution in [1.82, 2.24) is 4.57 Å². The zero-order valence-electron chi connectivity index (χ0n) is 18.5. The molecule has 0 saturated heterocycles. The lowest BCUT2D eigenvalue weighted by Gasteiger charge is -2.08. The molecule has 0 aliphatic heterocycles. The van der Waals surface area contributed by atoms with Gasteiger partial charge in [-0.25, -0.2) is 0 Å². The molecule has 0 amide bonds. The highest BCUT2D eigenvalue weighted by Crippen LogP contribution is 2.37. The first kappa shape index (κ1) is 18.9. The van der Waals surface area contributed by atoms with Gasteiger partial charge >= 0.3 is 0 Å². The minimum absolute atomic E-state index is 0.379. The number of thiophene rings is 1. The summed E-state index contributed by atoms with van der Waals surface area (Å²) in [4.78, 5) is 0. The Morgan fingerprint density at radius 2 is 1.55 bits per heavy atom. The Bertz CT molecular complexity index is 1760. The molecule has 2 aromatic heterocycles. The molecule has 0 fully saturated rings. The van der Waals surface area contributed by atoms with Crippen LogP contribution in [0.5, 0.6) is 0 Å². The molecule has 1 aliphatic rings. The van der Waals surface area contributed by atoms with Crippen molar-refractivity contribution in [2.75, 3.05) is 0 Å². The van der Waals surface area contributed by atoms with E-state index in [-0.39, 0.29) is 0 Å². The normalized spacial score (nSPS) is 15.6. The van der Waals surface area contributed by atoms with Gasteiger partial charge in [0, 0.05) is 49.4 Å². The summed E-state index contributed by atoms with van der Waals surface area (Å²) in [6, 6.07) is 29.0. The lowest BCUT2D eigenvalue weighted by molar-refractivity contribution is 0.814. The molecule has 0 radical (unpaired) electrons. The van der Waals surface area contributed by atoms with E-state index in [1.807, 2.05) is 11.3 Å². The first-order valence-corrected chi connectivity index (χ1v) is 12.3. The van der Waals surface area contributed by atoms with Crippen LogP contribution in [-0.2, 0) is 13.5 Å². The van der Waals surface area contributed by atoms with Crippen LogP contribution in [0.4, 0.5) is 0 Å². The lowest BCUT2D eigenvalue weighted by atomic mass is 9.97. The molecule has 158 valence electrons. The number of rotatable bonds is 2. The van der Waals surface area contributed by atoms with E-state index in [0.29, 0.717) is 5.92 Å². The number of hydrogen-bond acceptors (Lipinski definition) is 1. The van der Waals surface area contributed by atoms with Crippen molar-refractivity contribution < 1.29 is 0 Å². The fraction of sp³-hybridized carbons (Fsp3) is 0.0968. The molecular formula is C31H23NS. The Morgan fingerprint density at radius 3 is 2.48 bits per heavy atom. The molecule has 0 saturated carbocycles. The van der Waals surface area contributed by atoms with Crippen molar-refractivity contribution in [3.8, 4) is 0 Å².